The van der Waals surface area contributed by atoms with Crippen LogP contribution in [0.2, 0.25) is 0 Å². The molecule has 1 fully saturated rings. The van der Waals surface area contributed by atoms with Gasteiger partial charge < -0.3 is 14.8 Å². The maximum Gasteiger partial charge on any atom is 0.156 e. The van der Waals surface area contributed by atoms with Crippen LogP contribution in [0, 0.1) is 12.8 Å². The van der Waals surface area contributed by atoms with Gasteiger partial charge in [-0.3, -0.25) is 0 Å². The van der Waals surface area contributed by atoms with Gasteiger partial charge in [-0.15, -0.1) is 0 Å². The van der Waals surface area contributed by atoms with Gasteiger partial charge >= 0.3 is 0 Å². The van der Waals surface area contributed by atoms with E-state index in [9.17, 15) is 0 Å². The number of ether oxygens (including phenoxy) is 2. The Morgan fingerprint density at radius 3 is 2.67 bits per heavy atom. The average molecular weight is 327 g/mol. The number of methoxy groups -OCH3 is 1. The molecule has 1 saturated heterocycles. The van der Waals surface area contributed by atoms with Gasteiger partial charge in [-0.2, -0.15) is 0 Å². The normalized spacial score (nSPS) is 16.8. The first-order valence-corrected chi connectivity index (χ1v) is 8.49. The lowest BCUT2D eigenvalue weighted by atomic mass is 9.87. The second kappa shape index (κ2) is 8.22. The van der Waals surface area contributed by atoms with E-state index in [2.05, 4.69) is 45.6 Å². The van der Waals surface area contributed by atoms with Crippen molar-refractivity contribution in [2.75, 3.05) is 25.6 Å². The Balaban J connectivity index is 1.86. The molecule has 5 heteroatoms. The van der Waals surface area contributed by atoms with Gasteiger partial charge in [-0.05, 0) is 31.2 Å². The lowest BCUT2D eigenvalue weighted by Crippen LogP contribution is -2.27. The minimum Gasteiger partial charge on any atom is -0.381 e. The maximum absolute atomic E-state index is 5.54. The molecule has 5 nitrogen and oxygen atoms in total. The number of nitrogens with zero attached hydrogens (tertiary/aromatic N) is 2. The summed E-state index contributed by atoms with van der Waals surface area (Å²) >= 11 is 0. The fourth-order valence-electron chi connectivity index (χ4n) is 3.24. The largest absolute Gasteiger partial charge is 0.381 e. The Bertz CT molecular complexity index is 642. The molecule has 1 atom stereocenters. The van der Waals surface area contributed by atoms with Crippen LogP contribution < -0.4 is 5.32 Å². The van der Waals surface area contributed by atoms with Gasteiger partial charge in [0, 0.05) is 32.1 Å². The molecule has 1 aromatic heterocycles. The summed E-state index contributed by atoms with van der Waals surface area (Å²) in [6, 6.07) is 12.8. The van der Waals surface area contributed by atoms with Crippen LogP contribution in [0.4, 0.5) is 5.82 Å². The van der Waals surface area contributed by atoms with Crippen LogP contribution in [0.3, 0.4) is 0 Å². The first-order valence-electron chi connectivity index (χ1n) is 8.49. The summed E-state index contributed by atoms with van der Waals surface area (Å²) in [6.45, 7) is 4.06. The molecule has 2 aromatic rings. The number of benzene rings is 1. The van der Waals surface area contributed by atoms with Crippen molar-refractivity contribution in [3.05, 3.63) is 53.5 Å². The zero-order chi connectivity index (χ0) is 16.8. The van der Waals surface area contributed by atoms with Gasteiger partial charge in [0.15, 0.2) is 5.82 Å². The molecular weight excluding hydrogens is 302 g/mol. The molecular formula is C19H25N3O2. The number of rotatable bonds is 6. The van der Waals surface area contributed by atoms with E-state index in [-0.39, 0.29) is 6.04 Å². The van der Waals surface area contributed by atoms with Crippen molar-refractivity contribution in [1.29, 1.82) is 0 Å². The Labute approximate surface area is 143 Å². The maximum atomic E-state index is 5.54. The molecule has 1 aromatic carbocycles. The highest BCUT2D eigenvalue weighted by atomic mass is 16.5. The van der Waals surface area contributed by atoms with Crippen molar-refractivity contribution in [2.45, 2.75) is 32.4 Å². The Hall–Kier alpha value is -1.98. The minimum atomic E-state index is 0.222. The van der Waals surface area contributed by atoms with Crippen molar-refractivity contribution in [3.63, 3.8) is 0 Å². The molecule has 0 saturated carbocycles. The van der Waals surface area contributed by atoms with Crippen molar-refractivity contribution in [2.24, 2.45) is 5.92 Å². The number of nitrogens with one attached hydrogen (secondary N) is 1. The molecule has 24 heavy (non-hydrogen) atoms. The first-order chi connectivity index (χ1) is 11.8. The van der Waals surface area contributed by atoms with Crippen LogP contribution >= 0.6 is 0 Å². The quantitative estimate of drug-likeness (QED) is 0.880. The summed E-state index contributed by atoms with van der Waals surface area (Å²) in [5.41, 5.74) is 2.23. The number of aryl methyl sites for hydroxylation is 1. The minimum absolute atomic E-state index is 0.222. The summed E-state index contributed by atoms with van der Waals surface area (Å²) in [4.78, 5) is 9.03. The number of hydrogen-bond donors (Lipinski definition) is 1. The van der Waals surface area contributed by atoms with Crippen LogP contribution in [0.25, 0.3) is 0 Å². The second-order valence-corrected chi connectivity index (χ2v) is 6.23. The molecule has 1 aliphatic rings. The van der Waals surface area contributed by atoms with E-state index >= 15 is 0 Å². The first kappa shape index (κ1) is 16.9. The van der Waals surface area contributed by atoms with Crippen LogP contribution in [-0.4, -0.2) is 30.3 Å². The highest BCUT2D eigenvalue weighted by Crippen LogP contribution is 2.32. The third-order valence-electron chi connectivity index (χ3n) is 4.37. The van der Waals surface area contributed by atoms with Crippen molar-refractivity contribution < 1.29 is 9.47 Å². The van der Waals surface area contributed by atoms with E-state index < -0.39 is 0 Å². The van der Waals surface area contributed by atoms with E-state index in [1.807, 2.05) is 13.0 Å². The van der Waals surface area contributed by atoms with Crippen molar-refractivity contribution in [1.82, 2.24) is 9.97 Å². The zero-order valence-electron chi connectivity index (χ0n) is 14.4. The van der Waals surface area contributed by atoms with Gasteiger partial charge in [0.2, 0.25) is 0 Å². The van der Waals surface area contributed by atoms with Crippen molar-refractivity contribution >= 4 is 5.82 Å². The van der Waals surface area contributed by atoms with E-state index in [0.717, 1.165) is 37.6 Å². The summed E-state index contributed by atoms with van der Waals surface area (Å²) < 4.78 is 10.7. The van der Waals surface area contributed by atoms with Gasteiger partial charge in [-0.1, -0.05) is 30.3 Å². The number of aromatic nitrogens is 2. The Kier molecular flexibility index (Phi) is 5.77. The predicted octanol–water partition coefficient (Wildman–Crippen LogP) is 3.51. The van der Waals surface area contributed by atoms with Crippen LogP contribution in [0.15, 0.2) is 36.4 Å². The Morgan fingerprint density at radius 1 is 1.21 bits per heavy atom. The van der Waals surface area contributed by atoms with Crippen molar-refractivity contribution in [3.8, 4) is 0 Å². The molecule has 1 N–H and O–H groups in total. The standard InChI is InChI=1S/C19H25N3O2/c1-14-12-17(21-18(20-14)13-23-2)22-19(15-6-4-3-5-7-15)16-8-10-24-11-9-16/h3-7,12,16,19H,8-11,13H2,1-2H3,(H,20,21,22)/t19-/m0/s1. The van der Waals surface area contributed by atoms with E-state index in [1.54, 1.807) is 7.11 Å². The summed E-state index contributed by atoms with van der Waals surface area (Å²) in [7, 11) is 1.66. The monoisotopic (exact) mass is 327 g/mol. The Morgan fingerprint density at radius 2 is 1.96 bits per heavy atom. The number of anilines is 1. The molecule has 0 bridgehead atoms. The summed E-state index contributed by atoms with van der Waals surface area (Å²) in [5.74, 6) is 2.09. The predicted molar refractivity (Wildman–Crippen MR) is 93.8 cm³/mol. The SMILES string of the molecule is COCc1nc(C)cc(N[C@@H](c2ccccc2)C2CCOCC2)n1. The van der Waals surface area contributed by atoms with Gasteiger partial charge in [0.25, 0.3) is 0 Å². The molecule has 2 heterocycles. The summed E-state index contributed by atoms with van der Waals surface area (Å²) in [5, 5.41) is 3.64. The molecule has 0 spiro atoms. The second-order valence-electron chi connectivity index (χ2n) is 6.23. The molecule has 128 valence electrons. The number of hydrogen-bond acceptors (Lipinski definition) is 5. The zero-order valence-corrected chi connectivity index (χ0v) is 14.4. The highest BCUT2D eigenvalue weighted by molar-refractivity contribution is 5.40. The van der Waals surface area contributed by atoms with E-state index in [1.165, 1.54) is 5.56 Å². The molecule has 0 radical (unpaired) electrons. The third-order valence-corrected chi connectivity index (χ3v) is 4.37. The van der Waals surface area contributed by atoms with Gasteiger partial charge in [0.05, 0.1) is 6.04 Å². The van der Waals surface area contributed by atoms with Gasteiger partial charge in [0.1, 0.15) is 12.4 Å². The topological polar surface area (TPSA) is 56.3 Å². The van der Waals surface area contributed by atoms with Crippen LogP contribution in [0.1, 0.15) is 36.0 Å². The fourth-order valence-corrected chi connectivity index (χ4v) is 3.24. The lowest BCUT2D eigenvalue weighted by Gasteiger charge is -2.32. The van der Waals surface area contributed by atoms with E-state index in [4.69, 9.17) is 9.47 Å². The third kappa shape index (κ3) is 4.30. The summed E-state index contributed by atoms with van der Waals surface area (Å²) in [6.07, 6.45) is 2.11. The highest BCUT2D eigenvalue weighted by Gasteiger charge is 2.26. The molecule has 0 unspecified atom stereocenters. The smallest absolute Gasteiger partial charge is 0.156 e. The van der Waals surface area contributed by atoms with Crippen LogP contribution in [0.5, 0.6) is 0 Å². The average Bonchev–Trinajstić information content (AvgIpc) is 2.61. The van der Waals surface area contributed by atoms with E-state index in [0.29, 0.717) is 18.3 Å². The molecule has 3 rings (SSSR count). The lowest BCUT2D eigenvalue weighted by molar-refractivity contribution is 0.0604. The molecule has 0 amide bonds. The van der Waals surface area contributed by atoms with Gasteiger partial charge in [-0.25, -0.2) is 9.97 Å². The molecule has 0 aliphatic carbocycles. The molecule has 1 aliphatic heterocycles. The van der Waals surface area contributed by atoms with Crippen LogP contribution in [-0.2, 0) is 16.1 Å². The fraction of sp³-hybridized carbons (Fsp3) is 0.474.